The van der Waals surface area contributed by atoms with E-state index in [1.54, 1.807) is 12.1 Å². The van der Waals surface area contributed by atoms with Gasteiger partial charge in [-0.05, 0) is 50.3 Å². The Morgan fingerprint density at radius 3 is 2.71 bits per heavy atom. The summed E-state index contributed by atoms with van der Waals surface area (Å²) in [5.74, 6) is -0.218. The first-order valence-corrected chi connectivity index (χ1v) is 8.93. The lowest BCUT2D eigenvalue weighted by Gasteiger charge is -2.36. The van der Waals surface area contributed by atoms with Crippen LogP contribution >= 0.6 is 0 Å². The van der Waals surface area contributed by atoms with E-state index >= 15 is 0 Å². The predicted octanol–water partition coefficient (Wildman–Crippen LogP) is 3.55. The molecule has 1 aromatic rings. The Kier molecular flexibility index (Phi) is 5.72. The summed E-state index contributed by atoms with van der Waals surface area (Å²) in [5, 5.41) is 3.03. The molecule has 0 spiro atoms. The number of carbonyl (C=O) groups excluding carboxylic acids is 1. The molecule has 5 heteroatoms. The minimum Gasteiger partial charge on any atom is -0.368 e. The van der Waals surface area contributed by atoms with Crippen LogP contribution in [0.3, 0.4) is 0 Å². The molecule has 1 fully saturated rings. The lowest BCUT2D eigenvalue weighted by Crippen LogP contribution is -2.52. The molecule has 0 saturated carbocycles. The molecule has 0 radical (unpaired) electrons. The summed E-state index contributed by atoms with van der Waals surface area (Å²) in [7, 11) is 0. The molecule has 24 heavy (non-hydrogen) atoms. The summed E-state index contributed by atoms with van der Waals surface area (Å²) < 4.78 is 13.3. The SMILES string of the molecule is O=C(NCCC1=CCCCC1)N1CCN(c2cccc(F)c2)CC1. The molecule has 1 aliphatic carbocycles. The number of hydrogen-bond donors (Lipinski definition) is 1. The molecule has 2 amide bonds. The van der Waals surface area contributed by atoms with Crippen LogP contribution in [0.5, 0.6) is 0 Å². The minimum absolute atomic E-state index is 0.0188. The number of rotatable bonds is 4. The van der Waals surface area contributed by atoms with Gasteiger partial charge in [-0.25, -0.2) is 9.18 Å². The first kappa shape index (κ1) is 16.8. The fraction of sp³-hybridized carbons (Fsp3) is 0.526. The standard InChI is InChI=1S/C19H26FN3O/c20-17-7-4-8-18(15-17)22-11-13-23(14-12-22)19(24)21-10-9-16-5-2-1-3-6-16/h4-5,7-8,15H,1-3,6,9-14H2,(H,21,24). The van der Waals surface area contributed by atoms with Crippen molar-refractivity contribution >= 4 is 11.7 Å². The van der Waals surface area contributed by atoms with E-state index in [9.17, 15) is 9.18 Å². The van der Waals surface area contributed by atoms with Crippen LogP contribution < -0.4 is 10.2 Å². The number of carbonyl (C=O) groups is 1. The molecule has 0 atom stereocenters. The second-order valence-electron chi connectivity index (χ2n) is 6.54. The van der Waals surface area contributed by atoms with Crippen molar-refractivity contribution in [1.29, 1.82) is 0 Å². The van der Waals surface area contributed by atoms with Crippen molar-refractivity contribution in [3.63, 3.8) is 0 Å². The van der Waals surface area contributed by atoms with E-state index in [2.05, 4.69) is 16.3 Å². The van der Waals surface area contributed by atoms with Crippen molar-refractivity contribution in [2.45, 2.75) is 32.1 Å². The fourth-order valence-electron chi connectivity index (χ4n) is 3.41. The number of allylic oxidation sites excluding steroid dienone is 1. The number of benzene rings is 1. The average molecular weight is 331 g/mol. The van der Waals surface area contributed by atoms with Gasteiger partial charge >= 0.3 is 6.03 Å². The second kappa shape index (κ2) is 8.18. The van der Waals surface area contributed by atoms with E-state index in [4.69, 9.17) is 0 Å². The summed E-state index contributed by atoms with van der Waals surface area (Å²) in [5.41, 5.74) is 2.37. The van der Waals surface area contributed by atoms with Gasteiger partial charge in [0.15, 0.2) is 0 Å². The molecule has 0 bridgehead atoms. The van der Waals surface area contributed by atoms with Gasteiger partial charge in [0.05, 0.1) is 0 Å². The van der Waals surface area contributed by atoms with Crippen LogP contribution in [-0.2, 0) is 0 Å². The predicted molar refractivity (Wildman–Crippen MR) is 94.8 cm³/mol. The van der Waals surface area contributed by atoms with Gasteiger partial charge in [0.1, 0.15) is 5.82 Å². The quantitative estimate of drug-likeness (QED) is 0.857. The number of anilines is 1. The van der Waals surface area contributed by atoms with Crippen molar-refractivity contribution in [3.05, 3.63) is 41.7 Å². The Labute approximate surface area is 143 Å². The van der Waals surface area contributed by atoms with Gasteiger partial charge in [0.2, 0.25) is 0 Å². The number of nitrogens with one attached hydrogen (secondary N) is 1. The van der Waals surface area contributed by atoms with Gasteiger partial charge in [-0.2, -0.15) is 0 Å². The Morgan fingerprint density at radius 1 is 1.17 bits per heavy atom. The van der Waals surface area contributed by atoms with Gasteiger partial charge in [0.25, 0.3) is 0 Å². The highest BCUT2D eigenvalue weighted by atomic mass is 19.1. The zero-order valence-corrected chi connectivity index (χ0v) is 14.1. The smallest absolute Gasteiger partial charge is 0.317 e. The first-order valence-electron chi connectivity index (χ1n) is 8.93. The maximum atomic E-state index is 13.3. The van der Waals surface area contributed by atoms with Crippen molar-refractivity contribution in [2.75, 3.05) is 37.6 Å². The van der Waals surface area contributed by atoms with E-state index in [0.717, 1.165) is 31.7 Å². The van der Waals surface area contributed by atoms with Crippen LogP contribution in [0.15, 0.2) is 35.9 Å². The molecule has 0 unspecified atom stereocenters. The third kappa shape index (κ3) is 4.49. The van der Waals surface area contributed by atoms with Gasteiger partial charge in [-0.15, -0.1) is 0 Å². The van der Waals surface area contributed by atoms with E-state index in [1.165, 1.54) is 37.3 Å². The molecule has 2 aliphatic rings. The summed E-state index contributed by atoms with van der Waals surface area (Å²) >= 11 is 0. The highest BCUT2D eigenvalue weighted by molar-refractivity contribution is 5.74. The van der Waals surface area contributed by atoms with Crippen molar-refractivity contribution < 1.29 is 9.18 Å². The molecular weight excluding hydrogens is 305 g/mol. The van der Waals surface area contributed by atoms with Crippen molar-refractivity contribution in [1.82, 2.24) is 10.2 Å². The van der Waals surface area contributed by atoms with Gasteiger partial charge in [-0.1, -0.05) is 17.7 Å². The average Bonchev–Trinajstić information content (AvgIpc) is 2.63. The van der Waals surface area contributed by atoms with Crippen LogP contribution in [0.1, 0.15) is 32.1 Å². The number of urea groups is 1. The Hall–Kier alpha value is -2.04. The van der Waals surface area contributed by atoms with Crippen LogP contribution in [-0.4, -0.2) is 43.7 Å². The molecule has 3 rings (SSSR count). The number of piperazine rings is 1. The van der Waals surface area contributed by atoms with Crippen LogP contribution in [0.25, 0.3) is 0 Å². The Morgan fingerprint density at radius 2 is 2.00 bits per heavy atom. The number of halogens is 1. The summed E-state index contributed by atoms with van der Waals surface area (Å²) in [6, 6.07) is 6.66. The third-order valence-electron chi connectivity index (χ3n) is 4.85. The molecule has 1 aliphatic heterocycles. The summed E-state index contributed by atoms with van der Waals surface area (Å²) in [4.78, 5) is 16.2. The first-order chi connectivity index (χ1) is 11.7. The van der Waals surface area contributed by atoms with E-state index < -0.39 is 0 Å². The fourth-order valence-corrected chi connectivity index (χ4v) is 3.41. The number of amides is 2. The Balaban J connectivity index is 1.41. The van der Waals surface area contributed by atoms with Crippen molar-refractivity contribution in [3.8, 4) is 0 Å². The van der Waals surface area contributed by atoms with Crippen LogP contribution in [0, 0.1) is 5.82 Å². The number of hydrogen-bond acceptors (Lipinski definition) is 2. The van der Waals surface area contributed by atoms with Gasteiger partial charge in [0, 0.05) is 38.4 Å². The van der Waals surface area contributed by atoms with E-state index in [1.807, 2.05) is 11.0 Å². The molecule has 1 N–H and O–H groups in total. The van der Waals surface area contributed by atoms with E-state index in [0.29, 0.717) is 13.1 Å². The molecule has 1 saturated heterocycles. The second-order valence-corrected chi connectivity index (χ2v) is 6.54. The zero-order chi connectivity index (χ0) is 16.8. The molecule has 130 valence electrons. The topological polar surface area (TPSA) is 35.6 Å². The third-order valence-corrected chi connectivity index (χ3v) is 4.85. The van der Waals surface area contributed by atoms with Crippen LogP contribution in [0.2, 0.25) is 0 Å². The monoisotopic (exact) mass is 331 g/mol. The zero-order valence-electron chi connectivity index (χ0n) is 14.1. The normalized spacial score (nSPS) is 18.3. The van der Waals surface area contributed by atoms with E-state index in [-0.39, 0.29) is 11.8 Å². The molecule has 1 heterocycles. The molecule has 0 aromatic heterocycles. The maximum Gasteiger partial charge on any atom is 0.317 e. The molecular formula is C19H26FN3O. The highest BCUT2D eigenvalue weighted by Gasteiger charge is 2.21. The number of nitrogens with zero attached hydrogens (tertiary/aromatic N) is 2. The van der Waals surface area contributed by atoms with Crippen LogP contribution in [0.4, 0.5) is 14.9 Å². The molecule has 4 nitrogen and oxygen atoms in total. The van der Waals surface area contributed by atoms with Crippen molar-refractivity contribution in [2.24, 2.45) is 0 Å². The molecule has 1 aromatic carbocycles. The largest absolute Gasteiger partial charge is 0.368 e. The Bertz CT molecular complexity index is 594. The lowest BCUT2D eigenvalue weighted by atomic mass is 9.97. The highest BCUT2D eigenvalue weighted by Crippen LogP contribution is 2.20. The summed E-state index contributed by atoms with van der Waals surface area (Å²) in [6.45, 7) is 3.54. The minimum atomic E-state index is -0.218. The maximum absolute atomic E-state index is 13.3. The summed E-state index contributed by atoms with van der Waals surface area (Å²) in [6.07, 6.45) is 8.24. The van der Waals surface area contributed by atoms with Gasteiger partial charge in [-0.3, -0.25) is 0 Å². The van der Waals surface area contributed by atoms with Gasteiger partial charge < -0.3 is 15.1 Å². The lowest BCUT2D eigenvalue weighted by molar-refractivity contribution is 0.194.